The fourth-order valence-corrected chi connectivity index (χ4v) is 2.88. The average molecular weight is 302 g/mol. The SMILES string of the molecule is Cc1cc(CNCc2ccc(F)c(-c3cccs3)c2)on1. The zero-order chi connectivity index (χ0) is 14.7. The van der Waals surface area contributed by atoms with Gasteiger partial charge >= 0.3 is 0 Å². The topological polar surface area (TPSA) is 38.1 Å². The van der Waals surface area contributed by atoms with Gasteiger partial charge in [0.05, 0.1) is 12.2 Å². The van der Waals surface area contributed by atoms with Crippen LogP contribution in [0.5, 0.6) is 0 Å². The molecule has 1 N–H and O–H groups in total. The Morgan fingerprint density at radius 3 is 2.86 bits per heavy atom. The van der Waals surface area contributed by atoms with Gasteiger partial charge in [-0.1, -0.05) is 17.3 Å². The van der Waals surface area contributed by atoms with Crippen molar-refractivity contribution in [3.8, 4) is 10.4 Å². The van der Waals surface area contributed by atoms with Gasteiger partial charge in [-0.15, -0.1) is 11.3 Å². The molecule has 0 fully saturated rings. The molecule has 2 heterocycles. The highest BCUT2D eigenvalue weighted by Crippen LogP contribution is 2.28. The normalized spacial score (nSPS) is 11.0. The number of hydrogen-bond donors (Lipinski definition) is 1. The smallest absolute Gasteiger partial charge is 0.150 e. The fraction of sp³-hybridized carbons (Fsp3) is 0.188. The summed E-state index contributed by atoms with van der Waals surface area (Å²) in [6, 6.07) is 11.0. The van der Waals surface area contributed by atoms with Crippen LogP contribution in [0.2, 0.25) is 0 Å². The van der Waals surface area contributed by atoms with Gasteiger partial charge < -0.3 is 9.84 Å². The van der Waals surface area contributed by atoms with Crippen LogP contribution in [0.4, 0.5) is 4.39 Å². The molecule has 0 unspecified atom stereocenters. The van der Waals surface area contributed by atoms with Gasteiger partial charge in [0.1, 0.15) is 5.82 Å². The van der Waals surface area contributed by atoms with E-state index in [2.05, 4.69) is 10.5 Å². The number of benzene rings is 1. The van der Waals surface area contributed by atoms with E-state index in [1.54, 1.807) is 6.07 Å². The van der Waals surface area contributed by atoms with Gasteiger partial charge in [0.15, 0.2) is 5.76 Å². The summed E-state index contributed by atoms with van der Waals surface area (Å²) in [5.74, 6) is 0.611. The fourth-order valence-electron chi connectivity index (χ4n) is 2.13. The van der Waals surface area contributed by atoms with E-state index < -0.39 is 0 Å². The minimum atomic E-state index is -0.188. The van der Waals surface area contributed by atoms with Crippen molar-refractivity contribution in [1.82, 2.24) is 10.5 Å². The van der Waals surface area contributed by atoms with E-state index in [9.17, 15) is 4.39 Å². The summed E-state index contributed by atoms with van der Waals surface area (Å²) in [6.07, 6.45) is 0. The third-order valence-corrected chi connectivity index (χ3v) is 4.03. The van der Waals surface area contributed by atoms with E-state index in [1.165, 1.54) is 17.4 Å². The number of thiophene rings is 1. The second-order valence-electron chi connectivity index (χ2n) is 4.83. The lowest BCUT2D eigenvalue weighted by molar-refractivity contribution is 0.369. The number of rotatable bonds is 5. The van der Waals surface area contributed by atoms with Crippen LogP contribution in [0.1, 0.15) is 17.0 Å². The molecule has 0 aliphatic rings. The Morgan fingerprint density at radius 2 is 2.14 bits per heavy atom. The summed E-state index contributed by atoms with van der Waals surface area (Å²) in [4.78, 5) is 0.945. The van der Waals surface area contributed by atoms with E-state index in [0.29, 0.717) is 18.7 Å². The van der Waals surface area contributed by atoms with Crippen molar-refractivity contribution in [1.29, 1.82) is 0 Å². The van der Waals surface area contributed by atoms with Gasteiger partial charge in [0.2, 0.25) is 0 Å². The van der Waals surface area contributed by atoms with Crippen LogP contribution in [0.25, 0.3) is 10.4 Å². The molecule has 5 heteroatoms. The van der Waals surface area contributed by atoms with Gasteiger partial charge in [-0.3, -0.25) is 0 Å². The molecule has 2 aromatic heterocycles. The third-order valence-electron chi connectivity index (χ3n) is 3.12. The molecule has 0 atom stereocenters. The van der Waals surface area contributed by atoms with E-state index in [0.717, 1.165) is 21.9 Å². The molecule has 1 aromatic carbocycles. The molecule has 3 aromatic rings. The van der Waals surface area contributed by atoms with Gasteiger partial charge in [-0.2, -0.15) is 0 Å². The molecule has 21 heavy (non-hydrogen) atoms. The standard InChI is InChI=1S/C16H15FN2OS/c1-11-7-13(20-19-11)10-18-9-12-4-5-15(17)14(8-12)16-3-2-6-21-16/h2-8,18H,9-10H2,1H3. The molecule has 108 valence electrons. The summed E-state index contributed by atoms with van der Waals surface area (Å²) in [5.41, 5.74) is 2.56. The summed E-state index contributed by atoms with van der Waals surface area (Å²) >= 11 is 1.54. The first kappa shape index (κ1) is 14.0. The maximum absolute atomic E-state index is 13.9. The number of halogens is 1. The quantitative estimate of drug-likeness (QED) is 0.769. The molecule has 3 nitrogen and oxygen atoms in total. The van der Waals surface area contributed by atoms with Crippen molar-refractivity contribution in [2.24, 2.45) is 0 Å². The molecule has 0 aliphatic carbocycles. The Hall–Kier alpha value is -1.98. The first-order valence-electron chi connectivity index (χ1n) is 6.67. The first-order valence-corrected chi connectivity index (χ1v) is 7.55. The van der Waals surface area contributed by atoms with Crippen LogP contribution in [0, 0.1) is 12.7 Å². The molecule has 0 aliphatic heterocycles. The lowest BCUT2D eigenvalue weighted by Gasteiger charge is -2.06. The van der Waals surface area contributed by atoms with Crippen molar-refractivity contribution in [3.63, 3.8) is 0 Å². The number of nitrogens with one attached hydrogen (secondary N) is 1. The largest absolute Gasteiger partial charge is 0.360 e. The summed E-state index contributed by atoms with van der Waals surface area (Å²) in [6.45, 7) is 3.14. The highest BCUT2D eigenvalue weighted by molar-refractivity contribution is 7.13. The maximum Gasteiger partial charge on any atom is 0.150 e. The van der Waals surface area contributed by atoms with E-state index in [4.69, 9.17) is 4.52 Å². The molecular weight excluding hydrogens is 287 g/mol. The van der Waals surface area contributed by atoms with Crippen LogP contribution < -0.4 is 5.32 Å². The predicted octanol–water partition coefficient (Wildman–Crippen LogP) is 4.14. The molecule has 0 spiro atoms. The molecule has 0 radical (unpaired) electrons. The molecule has 0 saturated carbocycles. The van der Waals surface area contributed by atoms with Crippen molar-refractivity contribution in [3.05, 3.63) is 64.6 Å². The van der Waals surface area contributed by atoms with E-state index >= 15 is 0 Å². The van der Waals surface area contributed by atoms with Crippen molar-refractivity contribution in [2.75, 3.05) is 0 Å². The summed E-state index contributed by atoms with van der Waals surface area (Å²) < 4.78 is 19.0. The maximum atomic E-state index is 13.9. The molecule has 0 amide bonds. The minimum Gasteiger partial charge on any atom is -0.360 e. The van der Waals surface area contributed by atoms with Gasteiger partial charge in [-0.05, 0) is 36.1 Å². The third kappa shape index (κ3) is 3.37. The van der Waals surface area contributed by atoms with Crippen LogP contribution in [0.3, 0.4) is 0 Å². The minimum absolute atomic E-state index is 0.188. The highest BCUT2D eigenvalue weighted by Gasteiger charge is 2.07. The summed E-state index contributed by atoms with van der Waals surface area (Å²) in [7, 11) is 0. The zero-order valence-electron chi connectivity index (χ0n) is 11.6. The van der Waals surface area contributed by atoms with E-state index in [-0.39, 0.29) is 5.82 Å². The second kappa shape index (κ2) is 6.20. The molecule has 3 rings (SSSR count). The molecule has 0 saturated heterocycles. The van der Waals surface area contributed by atoms with Gasteiger partial charge in [0, 0.05) is 23.1 Å². The average Bonchev–Trinajstić information content (AvgIpc) is 3.12. The first-order chi connectivity index (χ1) is 10.2. The zero-order valence-corrected chi connectivity index (χ0v) is 12.4. The monoisotopic (exact) mass is 302 g/mol. The number of aryl methyl sites for hydroxylation is 1. The van der Waals surface area contributed by atoms with Gasteiger partial charge in [0.25, 0.3) is 0 Å². The van der Waals surface area contributed by atoms with Crippen molar-refractivity contribution >= 4 is 11.3 Å². The Labute approximate surface area is 126 Å². The second-order valence-corrected chi connectivity index (χ2v) is 5.78. The van der Waals surface area contributed by atoms with Crippen molar-refractivity contribution in [2.45, 2.75) is 20.0 Å². The van der Waals surface area contributed by atoms with Crippen LogP contribution >= 0.6 is 11.3 Å². The Morgan fingerprint density at radius 1 is 1.24 bits per heavy atom. The van der Waals surface area contributed by atoms with Crippen LogP contribution in [-0.4, -0.2) is 5.16 Å². The van der Waals surface area contributed by atoms with Crippen molar-refractivity contribution < 1.29 is 8.91 Å². The van der Waals surface area contributed by atoms with E-state index in [1.807, 2.05) is 36.6 Å². The highest BCUT2D eigenvalue weighted by atomic mass is 32.1. The molecule has 0 bridgehead atoms. The van der Waals surface area contributed by atoms with Crippen LogP contribution in [0.15, 0.2) is 46.3 Å². The lowest BCUT2D eigenvalue weighted by atomic mass is 10.1. The Kier molecular flexibility index (Phi) is 4.13. The Balaban J connectivity index is 1.67. The number of aromatic nitrogens is 1. The Bertz CT molecular complexity index is 722. The number of hydrogen-bond acceptors (Lipinski definition) is 4. The van der Waals surface area contributed by atoms with Gasteiger partial charge in [-0.25, -0.2) is 4.39 Å². The lowest BCUT2D eigenvalue weighted by Crippen LogP contribution is -2.12. The predicted molar refractivity (Wildman–Crippen MR) is 81.5 cm³/mol. The molecular formula is C16H15FN2OS. The number of nitrogens with zero attached hydrogens (tertiary/aromatic N) is 1. The summed E-state index contributed by atoms with van der Waals surface area (Å²) in [5, 5.41) is 9.06. The van der Waals surface area contributed by atoms with Crippen LogP contribution in [-0.2, 0) is 13.1 Å².